The molecule has 3 aromatic carbocycles. The van der Waals surface area contributed by atoms with E-state index in [2.05, 4.69) is 20.6 Å². The van der Waals surface area contributed by atoms with Gasteiger partial charge in [-0.2, -0.15) is 0 Å². The minimum absolute atomic E-state index is 0.0185. The van der Waals surface area contributed by atoms with Gasteiger partial charge in [0.05, 0.1) is 0 Å². The Morgan fingerprint density at radius 1 is 1.10 bits per heavy atom. The fraction of sp³-hybridized carbons (Fsp3) is 0.0455. The van der Waals surface area contributed by atoms with Crippen molar-refractivity contribution in [2.24, 2.45) is 0 Å². The van der Waals surface area contributed by atoms with E-state index in [1.54, 1.807) is 24.3 Å². The number of para-hydroxylation sites is 2. The number of hydrogen-bond donors (Lipinski definition) is 3. The summed E-state index contributed by atoms with van der Waals surface area (Å²) in [5.41, 5.74) is 8.92. The number of halogens is 2. The molecule has 6 nitrogen and oxygen atoms in total. The molecule has 0 saturated heterocycles. The number of aromatic nitrogens is 2. The van der Waals surface area contributed by atoms with E-state index in [1.165, 1.54) is 18.5 Å². The summed E-state index contributed by atoms with van der Waals surface area (Å²) in [5, 5.41) is 6.91. The maximum atomic E-state index is 13.4. The van der Waals surface area contributed by atoms with E-state index in [0.717, 1.165) is 5.39 Å². The van der Waals surface area contributed by atoms with Crippen LogP contribution in [0.25, 0.3) is 10.9 Å². The summed E-state index contributed by atoms with van der Waals surface area (Å²) in [6.07, 6.45) is 1.44. The van der Waals surface area contributed by atoms with Crippen LogP contribution in [0.4, 0.5) is 27.3 Å². The van der Waals surface area contributed by atoms with Crippen molar-refractivity contribution in [3.8, 4) is 5.75 Å². The molecule has 153 valence electrons. The molecule has 1 heterocycles. The Morgan fingerprint density at radius 3 is 2.74 bits per heavy atom. The number of nitrogens with zero attached hydrogens (tertiary/aromatic N) is 2. The molecule has 0 atom stereocenters. The summed E-state index contributed by atoms with van der Waals surface area (Å²) in [5.74, 6) is 0.619. The second-order valence-electron chi connectivity index (χ2n) is 6.68. The molecule has 0 unspecified atom stereocenters. The quantitative estimate of drug-likeness (QED) is 0.294. The van der Waals surface area contributed by atoms with Crippen LogP contribution in [0.1, 0.15) is 0 Å². The molecule has 1 radical (unpaired) electrons. The van der Waals surface area contributed by atoms with E-state index in [4.69, 9.17) is 29.6 Å². The van der Waals surface area contributed by atoms with Gasteiger partial charge in [-0.15, -0.1) is 0 Å². The second kappa shape index (κ2) is 9.01. The summed E-state index contributed by atoms with van der Waals surface area (Å²) >= 11 is 5.87. The van der Waals surface area contributed by atoms with Crippen LogP contribution in [0.15, 0.2) is 67.0 Å². The maximum absolute atomic E-state index is 13.4. The first kappa shape index (κ1) is 20.6. The third kappa shape index (κ3) is 4.92. The predicted octanol–water partition coefficient (Wildman–Crippen LogP) is 4.54. The summed E-state index contributed by atoms with van der Waals surface area (Å²) in [6, 6.07) is 17.1. The molecule has 0 spiro atoms. The summed E-state index contributed by atoms with van der Waals surface area (Å²) in [6.45, 7) is 0.129. The van der Waals surface area contributed by atoms with Crippen LogP contribution in [-0.2, 0) is 0 Å². The molecule has 0 fully saturated rings. The number of hydrogen-bond acceptors (Lipinski definition) is 6. The Hall–Kier alpha value is -3.65. The van der Waals surface area contributed by atoms with E-state index in [-0.39, 0.29) is 11.6 Å². The van der Waals surface area contributed by atoms with Gasteiger partial charge in [-0.3, -0.25) is 0 Å². The monoisotopic (exact) mass is 432 g/mol. The Labute approximate surface area is 184 Å². The molecular weight excluding hydrogens is 416 g/mol. The first-order valence-electron chi connectivity index (χ1n) is 9.32. The van der Waals surface area contributed by atoms with Crippen LogP contribution in [0, 0.1) is 5.82 Å². The number of nitrogen functional groups attached to an aromatic ring is 1. The van der Waals surface area contributed by atoms with Crippen LogP contribution in [0.3, 0.4) is 0 Å². The standard InChI is InChI=1S/C22H17BClFN5O/c23-21(30-20-4-2-1-3-18(20)26)11-31-14-6-8-19-15(10-14)22(28-12-27-19)29-13-5-7-17(25)16(24)9-13/h1-10,12,30H,11,26H2,(H,27,28,29). The van der Waals surface area contributed by atoms with E-state index in [1.807, 2.05) is 24.3 Å². The van der Waals surface area contributed by atoms with E-state index < -0.39 is 5.82 Å². The first-order chi connectivity index (χ1) is 15.0. The number of benzene rings is 3. The number of nitrogens with one attached hydrogen (secondary N) is 2. The number of rotatable bonds is 7. The fourth-order valence-electron chi connectivity index (χ4n) is 2.92. The molecule has 0 aliphatic carbocycles. The molecule has 4 rings (SSSR count). The molecule has 0 aliphatic heterocycles. The van der Waals surface area contributed by atoms with Crippen LogP contribution in [0.5, 0.6) is 5.75 Å². The van der Waals surface area contributed by atoms with Crippen molar-refractivity contribution in [2.75, 3.05) is 23.0 Å². The average Bonchev–Trinajstić information content (AvgIpc) is 2.77. The van der Waals surface area contributed by atoms with Crippen molar-refractivity contribution in [1.29, 1.82) is 0 Å². The van der Waals surface area contributed by atoms with Crippen LogP contribution >= 0.6 is 11.6 Å². The van der Waals surface area contributed by atoms with Gasteiger partial charge in [0.1, 0.15) is 0 Å². The van der Waals surface area contributed by atoms with E-state index in [9.17, 15) is 4.39 Å². The van der Waals surface area contributed by atoms with Gasteiger partial charge in [-0.1, -0.05) is 0 Å². The Balaban J connectivity index is 1.50. The Morgan fingerprint density at radius 2 is 1.94 bits per heavy atom. The van der Waals surface area contributed by atoms with Gasteiger partial charge in [-0.05, 0) is 0 Å². The molecule has 4 aromatic rings. The SMILES string of the molecule is [B]=C(COc1ccc2ncnc(Nc3ccc(F)c(Cl)c3)c2c1)Nc1ccccc1N. The fourth-order valence-corrected chi connectivity index (χ4v) is 3.10. The predicted molar refractivity (Wildman–Crippen MR) is 125 cm³/mol. The van der Waals surface area contributed by atoms with Crippen LogP contribution in [0.2, 0.25) is 5.02 Å². The summed E-state index contributed by atoms with van der Waals surface area (Å²) in [7, 11) is 6.04. The van der Waals surface area contributed by atoms with Crippen molar-refractivity contribution in [2.45, 2.75) is 0 Å². The topological polar surface area (TPSA) is 85.1 Å². The minimum atomic E-state index is -0.491. The van der Waals surface area contributed by atoms with Crippen LogP contribution in [-0.4, -0.2) is 29.6 Å². The molecule has 31 heavy (non-hydrogen) atoms. The number of ether oxygens (including phenoxy) is 1. The van der Waals surface area contributed by atoms with Crippen molar-refractivity contribution < 1.29 is 9.13 Å². The van der Waals surface area contributed by atoms with Crippen molar-refractivity contribution in [3.63, 3.8) is 0 Å². The second-order valence-corrected chi connectivity index (χ2v) is 7.09. The Kier molecular flexibility index (Phi) is 6.00. The van der Waals surface area contributed by atoms with Gasteiger partial charge in [0, 0.05) is 0 Å². The number of anilines is 4. The third-order valence-corrected chi connectivity index (χ3v) is 4.73. The van der Waals surface area contributed by atoms with Crippen molar-refractivity contribution in [3.05, 3.63) is 77.8 Å². The zero-order valence-corrected chi connectivity index (χ0v) is 17.0. The third-order valence-electron chi connectivity index (χ3n) is 4.44. The molecule has 1 aromatic heterocycles. The number of fused-ring (bicyclic) bond motifs is 1. The zero-order valence-electron chi connectivity index (χ0n) is 16.3. The normalized spacial score (nSPS) is 10.6. The summed E-state index contributed by atoms with van der Waals surface area (Å²) in [4.78, 5) is 8.55. The molecule has 4 N–H and O–H groups in total. The van der Waals surface area contributed by atoms with Crippen molar-refractivity contribution in [1.82, 2.24) is 9.97 Å². The van der Waals surface area contributed by atoms with Gasteiger partial charge in [0.15, 0.2) is 0 Å². The molecule has 0 saturated carbocycles. The Bertz CT molecular complexity index is 1270. The van der Waals surface area contributed by atoms with E-state index >= 15 is 0 Å². The van der Waals surface area contributed by atoms with Gasteiger partial charge < -0.3 is 0 Å². The van der Waals surface area contributed by atoms with Gasteiger partial charge in [0.2, 0.25) is 0 Å². The van der Waals surface area contributed by atoms with Gasteiger partial charge >= 0.3 is 180 Å². The molecule has 9 heteroatoms. The first-order valence-corrected chi connectivity index (χ1v) is 9.70. The number of nitrogens with two attached hydrogens (primary N) is 1. The molecule has 0 bridgehead atoms. The molecule has 0 aliphatic rings. The van der Waals surface area contributed by atoms with Gasteiger partial charge in [0.25, 0.3) is 0 Å². The van der Waals surface area contributed by atoms with E-state index in [0.29, 0.717) is 39.7 Å². The van der Waals surface area contributed by atoms with Gasteiger partial charge in [-0.25, -0.2) is 4.39 Å². The molecule has 0 amide bonds. The zero-order chi connectivity index (χ0) is 21.8. The average molecular weight is 433 g/mol. The summed E-state index contributed by atoms with van der Waals surface area (Å²) < 4.78 is 19.2. The van der Waals surface area contributed by atoms with Crippen molar-refractivity contribution >= 4 is 58.5 Å². The molecular formula is C22H17BClFN5O. The van der Waals surface area contributed by atoms with Crippen LogP contribution < -0.4 is 21.1 Å².